The number of nitrogens with zero attached hydrogens (tertiary/aromatic N) is 1. The van der Waals surface area contributed by atoms with E-state index in [-0.39, 0.29) is 12.4 Å². The van der Waals surface area contributed by atoms with Crippen LogP contribution in [0.1, 0.15) is 20.8 Å². The summed E-state index contributed by atoms with van der Waals surface area (Å²) >= 11 is 0. The lowest BCUT2D eigenvalue weighted by molar-refractivity contribution is 0.0646. The number of ether oxygens (including phenoxy) is 1. The Bertz CT molecular complexity index is 540. The van der Waals surface area contributed by atoms with E-state index in [1.165, 1.54) is 6.08 Å². The minimum absolute atomic E-state index is 0.0230. The molecule has 0 fully saturated rings. The zero-order chi connectivity index (χ0) is 14.4. The molecular formula is C11H10N2O6. The number of hydrogen-bond donors (Lipinski definition) is 3. The highest BCUT2D eigenvalue weighted by Gasteiger charge is 2.18. The van der Waals surface area contributed by atoms with Crippen LogP contribution in [0.5, 0.6) is 0 Å². The van der Waals surface area contributed by atoms with Crippen LogP contribution in [0.4, 0.5) is 10.6 Å². The molecular weight excluding hydrogens is 256 g/mol. The molecule has 1 aromatic heterocycles. The van der Waals surface area contributed by atoms with Crippen LogP contribution in [0.3, 0.4) is 0 Å². The molecule has 1 heterocycles. The van der Waals surface area contributed by atoms with Gasteiger partial charge in [-0.3, -0.25) is 5.32 Å². The van der Waals surface area contributed by atoms with Crippen molar-refractivity contribution in [2.24, 2.45) is 0 Å². The highest BCUT2D eigenvalue weighted by Crippen LogP contribution is 2.12. The number of rotatable bonds is 5. The standard InChI is InChI=1S/C11H10N2O6/c1-2-5-19-11(18)13-7-4-3-6(9(14)15)8(12-7)10(16)17/h2-4H,1,5H2,(H,14,15)(H,16,17)(H,12,13,18). The number of anilines is 1. The smallest absolute Gasteiger partial charge is 0.413 e. The molecule has 0 aromatic carbocycles. The molecule has 8 nitrogen and oxygen atoms in total. The fourth-order valence-corrected chi connectivity index (χ4v) is 1.14. The van der Waals surface area contributed by atoms with Crippen LogP contribution < -0.4 is 5.32 Å². The Balaban J connectivity index is 2.96. The second-order valence-electron chi connectivity index (χ2n) is 3.22. The average molecular weight is 266 g/mol. The minimum Gasteiger partial charge on any atom is -0.478 e. The average Bonchev–Trinajstić information content (AvgIpc) is 2.35. The summed E-state index contributed by atoms with van der Waals surface area (Å²) in [6.07, 6.45) is 0.496. The zero-order valence-electron chi connectivity index (χ0n) is 9.62. The molecule has 0 unspecified atom stereocenters. The van der Waals surface area contributed by atoms with Crippen molar-refractivity contribution in [2.45, 2.75) is 0 Å². The van der Waals surface area contributed by atoms with E-state index in [2.05, 4.69) is 21.6 Å². The van der Waals surface area contributed by atoms with Crippen molar-refractivity contribution in [3.63, 3.8) is 0 Å². The van der Waals surface area contributed by atoms with Gasteiger partial charge in [0.2, 0.25) is 0 Å². The van der Waals surface area contributed by atoms with Crippen molar-refractivity contribution in [2.75, 3.05) is 11.9 Å². The first-order chi connectivity index (χ1) is 8.95. The number of carboxylic acids is 2. The molecule has 0 radical (unpaired) electrons. The summed E-state index contributed by atoms with van der Waals surface area (Å²) in [4.78, 5) is 36.3. The molecule has 0 aliphatic heterocycles. The van der Waals surface area contributed by atoms with Crippen molar-refractivity contribution in [3.8, 4) is 0 Å². The maximum atomic E-state index is 11.2. The summed E-state index contributed by atoms with van der Waals surface area (Å²) in [6, 6.07) is 2.19. The number of amides is 1. The third kappa shape index (κ3) is 3.80. The van der Waals surface area contributed by atoms with Gasteiger partial charge in [0.05, 0.1) is 5.56 Å². The summed E-state index contributed by atoms with van der Waals surface area (Å²) in [6.45, 7) is 3.32. The van der Waals surface area contributed by atoms with Gasteiger partial charge in [-0.1, -0.05) is 12.7 Å². The van der Waals surface area contributed by atoms with E-state index in [0.29, 0.717) is 0 Å². The van der Waals surface area contributed by atoms with Crippen LogP contribution >= 0.6 is 0 Å². The first kappa shape index (κ1) is 14.2. The van der Waals surface area contributed by atoms with Gasteiger partial charge in [-0.05, 0) is 12.1 Å². The van der Waals surface area contributed by atoms with Gasteiger partial charge in [-0.25, -0.2) is 19.4 Å². The monoisotopic (exact) mass is 266 g/mol. The van der Waals surface area contributed by atoms with Crippen LogP contribution in [-0.4, -0.2) is 39.8 Å². The van der Waals surface area contributed by atoms with Crippen molar-refractivity contribution >= 4 is 23.8 Å². The van der Waals surface area contributed by atoms with E-state index in [0.717, 1.165) is 12.1 Å². The van der Waals surface area contributed by atoms with E-state index in [4.69, 9.17) is 10.2 Å². The Morgan fingerprint density at radius 3 is 2.53 bits per heavy atom. The molecule has 0 bridgehead atoms. The number of aromatic nitrogens is 1. The fraction of sp³-hybridized carbons (Fsp3) is 0.0909. The Kier molecular flexibility index (Phi) is 4.58. The summed E-state index contributed by atoms with van der Waals surface area (Å²) in [5.41, 5.74) is -1.15. The van der Waals surface area contributed by atoms with Crippen LogP contribution in [0, 0.1) is 0 Å². The topological polar surface area (TPSA) is 126 Å². The van der Waals surface area contributed by atoms with Gasteiger partial charge < -0.3 is 14.9 Å². The lowest BCUT2D eigenvalue weighted by Crippen LogP contribution is -2.17. The van der Waals surface area contributed by atoms with Crippen molar-refractivity contribution in [1.82, 2.24) is 4.98 Å². The minimum atomic E-state index is -1.51. The summed E-state index contributed by atoms with van der Waals surface area (Å²) in [7, 11) is 0. The number of nitrogens with one attached hydrogen (secondary N) is 1. The maximum absolute atomic E-state index is 11.2. The number of carbonyl (C=O) groups excluding carboxylic acids is 1. The first-order valence-electron chi connectivity index (χ1n) is 4.98. The molecule has 1 amide bonds. The Morgan fingerprint density at radius 2 is 2.00 bits per heavy atom. The van der Waals surface area contributed by atoms with Gasteiger partial charge in [0.15, 0.2) is 5.69 Å². The molecule has 3 N–H and O–H groups in total. The van der Waals surface area contributed by atoms with Crippen LogP contribution in [0.25, 0.3) is 0 Å². The lowest BCUT2D eigenvalue weighted by Gasteiger charge is -2.06. The predicted octanol–water partition coefficient (Wildman–Crippen LogP) is 1.21. The van der Waals surface area contributed by atoms with Gasteiger partial charge in [0, 0.05) is 0 Å². The van der Waals surface area contributed by atoms with E-state index in [1.807, 2.05) is 0 Å². The fourth-order valence-electron chi connectivity index (χ4n) is 1.14. The van der Waals surface area contributed by atoms with Crippen LogP contribution in [0.2, 0.25) is 0 Å². The SMILES string of the molecule is C=CCOC(=O)Nc1ccc(C(=O)O)c(C(=O)O)n1. The van der Waals surface area contributed by atoms with Crippen molar-refractivity contribution in [3.05, 3.63) is 36.0 Å². The molecule has 19 heavy (non-hydrogen) atoms. The van der Waals surface area contributed by atoms with Crippen LogP contribution in [-0.2, 0) is 4.74 Å². The van der Waals surface area contributed by atoms with Gasteiger partial charge in [0.1, 0.15) is 12.4 Å². The molecule has 0 aliphatic rings. The number of hydrogen-bond acceptors (Lipinski definition) is 5. The van der Waals surface area contributed by atoms with Crippen molar-refractivity contribution in [1.29, 1.82) is 0 Å². The van der Waals surface area contributed by atoms with Gasteiger partial charge in [-0.2, -0.15) is 0 Å². The number of carboxylic acid groups (broad SMARTS) is 2. The Labute approximate surface area is 107 Å². The molecule has 100 valence electrons. The summed E-state index contributed by atoms with van der Waals surface area (Å²) in [5, 5.41) is 19.8. The highest BCUT2D eigenvalue weighted by atomic mass is 16.5. The molecule has 0 saturated heterocycles. The van der Waals surface area contributed by atoms with E-state index >= 15 is 0 Å². The Morgan fingerprint density at radius 1 is 1.32 bits per heavy atom. The van der Waals surface area contributed by atoms with E-state index < -0.39 is 29.3 Å². The number of pyridine rings is 1. The summed E-state index contributed by atoms with van der Waals surface area (Å²) in [5.74, 6) is -3.07. The maximum Gasteiger partial charge on any atom is 0.413 e. The highest BCUT2D eigenvalue weighted by molar-refractivity contribution is 6.00. The third-order valence-corrected chi connectivity index (χ3v) is 1.89. The number of aromatic carboxylic acids is 2. The van der Waals surface area contributed by atoms with E-state index in [9.17, 15) is 14.4 Å². The quantitative estimate of drug-likeness (QED) is 0.683. The lowest BCUT2D eigenvalue weighted by atomic mass is 10.2. The zero-order valence-corrected chi connectivity index (χ0v) is 9.62. The van der Waals surface area contributed by atoms with Gasteiger partial charge in [0.25, 0.3) is 0 Å². The number of carbonyl (C=O) groups is 3. The predicted molar refractivity (Wildman–Crippen MR) is 63.3 cm³/mol. The molecule has 0 aliphatic carbocycles. The first-order valence-corrected chi connectivity index (χ1v) is 4.98. The summed E-state index contributed by atoms with van der Waals surface area (Å²) < 4.78 is 4.60. The molecule has 8 heteroatoms. The van der Waals surface area contributed by atoms with Crippen LogP contribution in [0.15, 0.2) is 24.8 Å². The normalized spacial score (nSPS) is 9.47. The largest absolute Gasteiger partial charge is 0.478 e. The molecule has 1 aromatic rings. The molecule has 0 saturated carbocycles. The molecule has 0 spiro atoms. The molecule has 0 atom stereocenters. The third-order valence-electron chi connectivity index (χ3n) is 1.89. The second kappa shape index (κ2) is 6.15. The molecule has 1 rings (SSSR count). The van der Waals surface area contributed by atoms with Gasteiger partial charge in [-0.15, -0.1) is 0 Å². The Hall–Kier alpha value is -2.90. The van der Waals surface area contributed by atoms with Crippen molar-refractivity contribution < 1.29 is 29.3 Å². The van der Waals surface area contributed by atoms with E-state index in [1.54, 1.807) is 0 Å². The van der Waals surface area contributed by atoms with Gasteiger partial charge >= 0.3 is 18.0 Å². The second-order valence-corrected chi connectivity index (χ2v) is 3.22.